The van der Waals surface area contributed by atoms with Crippen molar-refractivity contribution in [2.24, 2.45) is 0 Å². The Morgan fingerprint density at radius 2 is 0.673 bits per heavy atom. The molecule has 9 aromatic carbocycles. The number of hydrogen-bond acceptors (Lipinski definition) is 19. The van der Waals surface area contributed by atoms with Gasteiger partial charge in [-0.25, -0.2) is 17.6 Å². The average molecular weight is 2140 g/mol. The third-order valence-corrected chi connectivity index (χ3v) is 26.4. The number of rotatable bonds is 8. The zero-order valence-electron chi connectivity index (χ0n) is 86.8. The molecule has 30 heteroatoms. The van der Waals surface area contributed by atoms with E-state index in [-0.39, 0.29) is 26.3 Å². The molecular formula is C117H123Cl7F4N10O9. The molecule has 772 valence electrons. The first kappa shape index (κ1) is 116. The number of para-hydroxylation sites is 1. The molecule has 19 nitrogen and oxygen atoms in total. The first-order valence-corrected chi connectivity index (χ1v) is 49.8. The molecule has 0 unspecified atom stereocenters. The van der Waals surface area contributed by atoms with Crippen molar-refractivity contribution in [3.05, 3.63) is 361 Å². The Morgan fingerprint density at radius 3 is 1.15 bits per heavy atom. The van der Waals surface area contributed by atoms with Crippen molar-refractivity contribution in [3.63, 3.8) is 0 Å². The van der Waals surface area contributed by atoms with Gasteiger partial charge in [0.15, 0.2) is 5.82 Å². The molecule has 1 aliphatic heterocycles. The van der Waals surface area contributed by atoms with Crippen LogP contribution in [0.2, 0.25) is 35.2 Å². The lowest BCUT2D eigenvalue weighted by Gasteiger charge is -2.38. The number of halogens is 11. The van der Waals surface area contributed by atoms with E-state index in [0.29, 0.717) is 105 Å². The number of nitrogen functional groups attached to an aromatic ring is 1. The van der Waals surface area contributed by atoms with Gasteiger partial charge in [-0.05, 0) is 344 Å². The molecule has 0 amide bonds. The van der Waals surface area contributed by atoms with Crippen molar-refractivity contribution in [1.82, 2.24) is 44.9 Å². The van der Waals surface area contributed by atoms with Crippen LogP contribution < -0.4 is 5.73 Å². The van der Waals surface area contributed by atoms with Crippen molar-refractivity contribution in [2.75, 3.05) is 18.9 Å². The third-order valence-electron chi connectivity index (χ3n) is 24.5. The Bertz CT molecular complexity index is 7750. The van der Waals surface area contributed by atoms with Crippen LogP contribution in [0.15, 0.2) is 208 Å². The Labute approximate surface area is 889 Å². The highest BCUT2D eigenvalue weighted by Gasteiger charge is 2.41. The van der Waals surface area contributed by atoms with E-state index in [9.17, 15) is 58.4 Å². The van der Waals surface area contributed by atoms with E-state index in [4.69, 9.17) is 91.7 Å². The highest BCUT2D eigenvalue weighted by atomic mass is 35.5. The van der Waals surface area contributed by atoms with E-state index >= 15 is 0 Å². The van der Waals surface area contributed by atoms with Crippen LogP contribution in [0, 0.1) is 78.7 Å². The van der Waals surface area contributed by atoms with Crippen LogP contribution in [-0.4, -0.2) is 98.9 Å². The van der Waals surface area contributed by atoms with Crippen LogP contribution in [0.1, 0.15) is 212 Å². The van der Waals surface area contributed by atoms with E-state index in [1.807, 2.05) is 129 Å². The number of aliphatic hydroxyl groups is 8. The number of ether oxygens (including phenoxy) is 1. The summed E-state index contributed by atoms with van der Waals surface area (Å²) in [6.07, 6.45) is 17.2. The topological polar surface area (TPSA) is 313 Å². The molecule has 0 atom stereocenters. The summed E-state index contributed by atoms with van der Waals surface area (Å²) >= 11 is 42.0. The minimum atomic E-state index is -1.14. The second kappa shape index (κ2) is 45.7. The first-order valence-electron chi connectivity index (χ1n) is 47.1. The predicted molar refractivity (Wildman–Crippen MR) is 593 cm³/mol. The van der Waals surface area contributed by atoms with E-state index in [0.717, 1.165) is 121 Å². The van der Waals surface area contributed by atoms with E-state index in [2.05, 4.69) is 77.8 Å². The molecule has 1 saturated heterocycles. The number of aryl methyl sites for hydroxylation is 8. The monoisotopic (exact) mass is 2130 g/mol. The van der Waals surface area contributed by atoms with Crippen LogP contribution in [0.4, 0.5) is 23.2 Å². The minimum absolute atomic E-state index is 0.0100. The summed E-state index contributed by atoms with van der Waals surface area (Å²) in [4.78, 5) is 38.1. The summed E-state index contributed by atoms with van der Waals surface area (Å²) in [6.45, 7) is 46.1. The smallest absolute Gasteiger partial charge is 0.151 e. The molecule has 10 heterocycles. The van der Waals surface area contributed by atoms with Gasteiger partial charge in [0.05, 0.1) is 129 Å². The number of nitrogens with zero attached hydrogens (tertiary/aromatic N) is 9. The third kappa shape index (κ3) is 27.2. The fourth-order valence-electron chi connectivity index (χ4n) is 18.9. The van der Waals surface area contributed by atoms with Crippen LogP contribution in [-0.2, 0) is 55.0 Å². The van der Waals surface area contributed by atoms with Gasteiger partial charge >= 0.3 is 0 Å². The van der Waals surface area contributed by atoms with Crippen molar-refractivity contribution in [3.8, 4) is 0 Å². The standard InChI is InChI=1S/C13H13Cl2NO.3C13H13ClFNO.C13H12ClNO2.C13H14ClNO.C13H14FNO.C13H16N2.C13H15NO/c1-7-6-16-10-5-8(14)4-9(15)11(10)12(7)13(2,3)17;1-7-6-16-10-5-8(15)4-9(14)11(10)12(7)13(2,3)17;1-7-6-16-9-5-4-8(15)12(14)10(9)11(7)13(2,3)17;1-7-6-16-9-5-4-8(14)12(15)10(9)11(7)13(2,3)17;1-8-5-15-11-3-2-9(14)4-10(11)12(8)13(16)6-17-7-13;1-8-7-15-11-5-4-9(14)6-10(11)12(8)13(2,3)16;1-8-7-15-10-6-4-5-9(14)11(10)12(8)13(2,3)16;1-13(2,3)10-6-4-5-9-7-15-8-11(14)12(9)10;1-9-8-14-11-7-5-4-6-10(11)12(9)13(2,3)15/h4*4-6,17H,1-3H3;2-5,16H,6-7H2,1H3;2*4-7,16H,1-3H3;4-8H,14H2,1-3H3;4-8,15H,1-3H3. The summed E-state index contributed by atoms with van der Waals surface area (Å²) in [7, 11) is 0. The number of nitrogens with two attached hydrogens (primary N) is 1. The van der Waals surface area contributed by atoms with Gasteiger partial charge in [0, 0.05) is 136 Å². The number of aromatic nitrogens is 9. The van der Waals surface area contributed by atoms with E-state index < -0.39 is 62.3 Å². The van der Waals surface area contributed by atoms with E-state index in [1.54, 1.807) is 188 Å². The molecule has 0 bridgehead atoms. The maximum atomic E-state index is 14.1. The van der Waals surface area contributed by atoms with Gasteiger partial charge < -0.3 is 51.3 Å². The maximum absolute atomic E-state index is 14.1. The number of anilines is 1. The second-order valence-corrected chi connectivity index (χ2v) is 44.3. The number of pyridine rings is 9. The first-order chi connectivity index (χ1) is 68.1. The van der Waals surface area contributed by atoms with Gasteiger partial charge in [-0.2, -0.15) is 0 Å². The Balaban J connectivity index is 0.000000157. The van der Waals surface area contributed by atoms with Crippen LogP contribution in [0.3, 0.4) is 0 Å². The lowest BCUT2D eigenvalue weighted by atomic mass is 9.84. The molecule has 0 spiro atoms. The molecule has 0 radical (unpaired) electrons. The molecule has 18 aromatic rings. The van der Waals surface area contributed by atoms with Gasteiger partial charge in [-0.15, -0.1) is 0 Å². The summed E-state index contributed by atoms with van der Waals surface area (Å²) in [5, 5.41) is 92.0. The molecule has 10 N–H and O–H groups in total. The van der Waals surface area contributed by atoms with Gasteiger partial charge in [0.2, 0.25) is 0 Å². The quantitative estimate of drug-likeness (QED) is 0.0638. The highest BCUT2D eigenvalue weighted by molar-refractivity contribution is 6.39. The second-order valence-electron chi connectivity index (χ2n) is 41.4. The lowest BCUT2D eigenvalue weighted by molar-refractivity contribution is -0.184. The summed E-state index contributed by atoms with van der Waals surface area (Å²) in [6, 6.07) is 41.9. The summed E-state index contributed by atoms with van der Waals surface area (Å²) in [5.41, 5.74) is 18.6. The van der Waals surface area contributed by atoms with Crippen molar-refractivity contribution in [1.29, 1.82) is 0 Å². The van der Waals surface area contributed by atoms with Gasteiger partial charge in [-0.3, -0.25) is 44.9 Å². The Morgan fingerprint density at radius 1 is 0.306 bits per heavy atom. The van der Waals surface area contributed by atoms with Crippen molar-refractivity contribution < 1.29 is 63.2 Å². The number of fused-ring (bicyclic) bond motifs is 9. The number of benzene rings is 9. The van der Waals surface area contributed by atoms with Gasteiger partial charge in [0.1, 0.15) is 23.1 Å². The molecule has 0 saturated carbocycles. The largest absolute Gasteiger partial charge is 0.397 e. The SMILES string of the molecule is CC(C)(C)c1cccc2cncc(N)c12.Cc1cnc2cc(Cl)cc(Cl)c2c1C(C)(C)O.Cc1cnc2cc(F)cc(Cl)c2c1C(C)(C)O.Cc1cnc2ccc(Cl)c(F)c2c1C(C)(C)O.Cc1cnc2ccc(Cl)cc2c1C(C)(C)O.Cc1cnc2ccc(Cl)cc2c1C1(O)COC1.Cc1cnc2ccc(F)c(Cl)c2c1C(C)(C)O.Cc1cnc2cccc(F)c2c1C(C)(C)O.Cc1cnc2ccccc2c1C(C)(C)O. The van der Waals surface area contributed by atoms with Gasteiger partial charge in [-0.1, -0.05) is 144 Å². The average Bonchev–Trinajstić information content (AvgIpc) is 0.751. The predicted octanol–water partition coefficient (Wildman–Crippen LogP) is 29.4. The molecular weight excluding hydrogens is 2010 g/mol. The van der Waals surface area contributed by atoms with Gasteiger partial charge in [0.25, 0.3) is 0 Å². The normalized spacial score (nSPS) is 12.8. The summed E-state index contributed by atoms with van der Waals surface area (Å²) in [5.74, 6) is -1.80. The highest BCUT2D eigenvalue weighted by Crippen LogP contribution is 2.45. The molecule has 9 aromatic heterocycles. The zero-order chi connectivity index (χ0) is 109. The zero-order valence-corrected chi connectivity index (χ0v) is 92.1. The Hall–Kier alpha value is -11.1. The molecule has 19 rings (SSSR count). The molecule has 147 heavy (non-hydrogen) atoms. The molecule has 1 aliphatic rings. The fraction of sp³-hybridized carbons (Fsp3) is 0.308. The van der Waals surface area contributed by atoms with Crippen LogP contribution in [0.5, 0.6) is 0 Å². The maximum Gasteiger partial charge on any atom is 0.151 e. The van der Waals surface area contributed by atoms with Crippen molar-refractivity contribution >= 4 is 185 Å². The minimum Gasteiger partial charge on any atom is -0.397 e. The lowest BCUT2D eigenvalue weighted by Crippen LogP contribution is -2.47. The Kier molecular flexibility index (Phi) is 36.1. The molecule has 1 fully saturated rings. The van der Waals surface area contributed by atoms with Crippen LogP contribution >= 0.6 is 81.2 Å². The fourth-order valence-corrected chi connectivity index (χ4v) is 20.5. The summed E-state index contributed by atoms with van der Waals surface area (Å²) < 4.78 is 59.8. The number of hydrogen-bond donors (Lipinski definition) is 9. The van der Waals surface area contributed by atoms with Crippen LogP contribution in [0.25, 0.3) is 98.0 Å². The van der Waals surface area contributed by atoms with E-state index in [1.165, 1.54) is 35.9 Å². The van der Waals surface area contributed by atoms with Crippen molar-refractivity contribution in [2.45, 2.75) is 223 Å². The molecule has 0 aliphatic carbocycles.